The number of ketones is 2. The lowest BCUT2D eigenvalue weighted by molar-refractivity contribution is -0.143. The number of aryl methyl sites for hydroxylation is 4. The van der Waals surface area contributed by atoms with Crippen LogP contribution in [0.2, 0.25) is 0 Å². The zero-order valence-corrected chi connectivity index (χ0v) is 40.1. The predicted molar refractivity (Wildman–Crippen MR) is 250 cm³/mol. The number of methoxy groups -OCH3 is 4. The lowest BCUT2D eigenvalue weighted by Gasteiger charge is -2.28. The zero-order valence-electron chi connectivity index (χ0n) is 40.1. The Morgan fingerprint density at radius 3 is 1.16 bits per heavy atom. The standard InChI is InChI=1S/2C27H34O5/c2*1-17(28)7-8-21-15-24(30-5)25(31-6)16-23(21)20-10-9-19-14-22(12-11-18(19)13-20)32-26(29)27(2,3)4/h2*11-12,14-16,20H,7-10,13H2,1-6H3/t2*20-/m10/s1. The Kier molecular flexibility index (Phi) is 16.5. The summed E-state index contributed by atoms with van der Waals surface area (Å²) in [5, 5.41) is 0. The summed E-state index contributed by atoms with van der Waals surface area (Å²) < 4.78 is 33.3. The van der Waals surface area contributed by atoms with Crippen molar-refractivity contribution in [3.05, 3.63) is 105 Å². The van der Waals surface area contributed by atoms with E-state index < -0.39 is 10.8 Å². The first-order valence-corrected chi connectivity index (χ1v) is 22.4. The van der Waals surface area contributed by atoms with Crippen molar-refractivity contribution in [2.75, 3.05) is 28.4 Å². The van der Waals surface area contributed by atoms with E-state index in [4.69, 9.17) is 28.4 Å². The number of fused-ring (bicyclic) bond motifs is 2. The Hall–Kier alpha value is -5.64. The van der Waals surface area contributed by atoms with Gasteiger partial charge in [0.05, 0.1) is 39.3 Å². The Bertz CT molecular complexity index is 2160. The van der Waals surface area contributed by atoms with Crippen LogP contribution in [-0.2, 0) is 57.7 Å². The summed E-state index contributed by atoms with van der Waals surface area (Å²) >= 11 is 0. The Morgan fingerprint density at radius 1 is 0.500 bits per heavy atom. The van der Waals surface area contributed by atoms with E-state index >= 15 is 0 Å². The van der Waals surface area contributed by atoms with Gasteiger partial charge in [0.15, 0.2) is 23.0 Å². The van der Waals surface area contributed by atoms with Crippen LogP contribution in [0.1, 0.15) is 137 Å². The maximum atomic E-state index is 12.2. The van der Waals surface area contributed by atoms with Gasteiger partial charge in [-0.05, 0) is 212 Å². The fourth-order valence-electron chi connectivity index (χ4n) is 8.33. The Labute approximate surface area is 380 Å². The highest BCUT2D eigenvalue weighted by Gasteiger charge is 2.29. The minimum atomic E-state index is -0.537. The van der Waals surface area contributed by atoms with Crippen LogP contribution in [0.25, 0.3) is 0 Å². The second-order valence-electron chi connectivity index (χ2n) is 19.2. The van der Waals surface area contributed by atoms with Crippen molar-refractivity contribution in [1.29, 1.82) is 0 Å². The van der Waals surface area contributed by atoms with Crippen LogP contribution in [0, 0.1) is 10.8 Å². The topological polar surface area (TPSA) is 124 Å². The molecule has 0 amide bonds. The van der Waals surface area contributed by atoms with Gasteiger partial charge in [-0.1, -0.05) is 12.1 Å². The number of hydrogen-bond acceptors (Lipinski definition) is 10. The molecular weight excluding hydrogens is 809 g/mol. The minimum Gasteiger partial charge on any atom is -0.493 e. The number of Topliss-reactive ketones (excluding diaryl/α,β-unsaturated/α-hetero) is 2. The predicted octanol–water partition coefficient (Wildman–Crippen LogP) is 10.9. The highest BCUT2D eigenvalue weighted by Crippen LogP contribution is 2.42. The third-order valence-electron chi connectivity index (χ3n) is 12.1. The molecule has 10 nitrogen and oxygen atoms in total. The van der Waals surface area contributed by atoms with Crippen molar-refractivity contribution in [2.45, 2.75) is 131 Å². The molecule has 0 radical (unpaired) electrons. The molecule has 0 saturated heterocycles. The molecule has 64 heavy (non-hydrogen) atoms. The van der Waals surface area contributed by atoms with Crippen LogP contribution in [0.15, 0.2) is 60.7 Å². The summed E-state index contributed by atoms with van der Waals surface area (Å²) in [4.78, 5) is 47.7. The fourth-order valence-corrected chi connectivity index (χ4v) is 8.33. The molecule has 0 aromatic heterocycles. The molecule has 2 atom stereocenters. The highest BCUT2D eigenvalue weighted by molar-refractivity contribution is 5.79. The molecule has 344 valence electrons. The molecule has 0 aliphatic heterocycles. The molecule has 6 rings (SSSR count). The van der Waals surface area contributed by atoms with E-state index in [0.717, 1.165) is 49.7 Å². The second-order valence-corrected chi connectivity index (χ2v) is 19.2. The molecule has 4 aromatic carbocycles. The zero-order chi connectivity index (χ0) is 46.9. The molecule has 0 bridgehead atoms. The van der Waals surface area contributed by atoms with Gasteiger partial charge in [0.25, 0.3) is 0 Å². The van der Waals surface area contributed by atoms with Gasteiger partial charge in [-0.2, -0.15) is 0 Å². The first kappa shape index (κ1) is 49.4. The van der Waals surface area contributed by atoms with Crippen molar-refractivity contribution in [3.63, 3.8) is 0 Å². The van der Waals surface area contributed by atoms with Crippen LogP contribution < -0.4 is 28.4 Å². The average molecular weight is 877 g/mol. The quantitative estimate of drug-likeness (QED) is 0.0893. The first-order chi connectivity index (χ1) is 30.2. The van der Waals surface area contributed by atoms with Gasteiger partial charge in [0, 0.05) is 12.8 Å². The van der Waals surface area contributed by atoms with Gasteiger partial charge in [-0.3, -0.25) is 9.59 Å². The van der Waals surface area contributed by atoms with Gasteiger partial charge in [0.1, 0.15) is 23.1 Å². The maximum Gasteiger partial charge on any atom is 0.316 e. The van der Waals surface area contributed by atoms with E-state index in [9.17, 15) is 19.2 Å². The van der Waals surface area contributed by atoms with Gasteiger partial charge < -0.3 is 38.0 Å². The van der Waals surface area contributed by atoms with E-state index in [2.05, 4.69) is 24.3 Å². The van der Waals surface area contributed by atoms with Gasteiger partial charge >= 0.3 is 11.9 Å². The maximum absolute atomic E-state index is 12.2. The van der Waals surface area contributed by atoms with Crippen molar-refractivity contribution in [1.82, 2.24) is 0 Å². The molecule has 2 aliphatic rings. The number of carbonyl (C=O) groups is 4. The Balaban J connectivity index is 0.000000241. The highest BCUT2D eigenvalue weighted by atomic mass is 16.5. The van der Waals surface area contributed by atoms with Crippen LogP contribution >= 0.6 is 0 Å². The summed E-state index contributed by atoms with van der Waals surface area (Å²) in [5.41, 5.74) is 8.64. The number of ether oxygens (including phenoxy) is 6. The molecule has 4 aromatic rings. The van der Waals surface area contributed by atoms with Crippen molar-refractivity contribution >= 4 is 23.5 Å². The molecule has 0 N–H and O–H groups in total. The molecule has 2 aliphatic carbocycles. The molecule has 10 heteroatoms. The third-order valence-corrected chi connectivity index (χ3v) is 12.1. The summed E-state index contributed by atoms with van der Waals surface area (Å²) in [6, 6.07) is 20.1. The van der Waals surface area contributed by atoms with E-state index in [-0.39, 0.29) is 23.5 Å². The summed E-state index contributed by atoms with van der Waals surface area (Å²) in [6.07, 6.45) is 7.95. The van der Waals surface area contributed by atoms with Gasteiger partial charge in [-0.15, -0.1) is 0 Å². The van der Waals surface area contributed by atoms with E-state index in [1.165, 1.54) is 33.4 Å². The van der Waals surface area contributed by atoms with E-state index in [1.807, 2.05) is 77.9 Å². The molecule has 0 unspecified atom stereocenters. The third kappa shape index (κ3) is 12.8. The SMILES string of the molecule is COc1cc(CCC(C)=O)c([C@@H]2CCc3cc(OC(=O)C(C)(C)C)ccc3C2)cc1OC.COc1cc(CCC(C)=O)c([C@H]2CCc3cc(OC(=O)C(C)(C)C)ccc3C2)cc1OC. The van der Waals surface area contributed by atoms with Gasteiger partial charge in [-0.25, -0.2) is 0 Å². The summed E-state index contributed by atoms with van der Waals surface area (Å²) in [6.45, 7) is 14.4. The number of hydrogen-bond donors (Lipinski definition) is 0. The fraction of sp³-hybridized carbons (Fsp3) is 0.481. The van der Waals surface area contributed by atoms with E-state index in [0.29, 0.717) is 72.0 Å². The van der Waals surface area contributed by atoms with Crippen LogP contribution in [0.3, 0.4) is 0 Å². The van der Waals surface area contributed by atoms with Crippen molar-refractivity contribution < 1.29 is 47.6 Å². The number of carbonyl (C=O) groups excluding carboxylic acids is 4. The number of rotatable bonds is 14. The minimum absolute atomic E-state index is 0.178. The van der Waals surface area contributed by atoms with Crippen molar-refractivity contribution in [2.24, 2.45) is 10.8 Å². The molecule has 0 heterocycles. The van der Waals surface area contributed by atoms with Crippen LogP contribution in [0.5, 0.6) is 34.5 Å². The van der Waals surface area contributed by atoms with Crippen LogP contribution in [-0.4, -0.2) is 51.9 Å². The number of esters is 2. The molecular formula is C54H68O10. The number of benzene rings is 4. The monoisotopic (exact) mass is 876 g/mol. The Morgan fingerprint density at radius 2 is 0.844 bits per heavy atom. The summed E-state index contributed by atoms with van der Waals surface area (Å²) in [7, 11) is 6.56. The molecule has 0 saturated carbocycles. The van der Waals surface area contributed by atoms with E-state index in [1.54, 1.807) is 42.3 Å². The first-order valence-electron chi connectivity index (χ1n) is 22.4. The average Bonchev–Trinajstić information content (AvgIpc) is 3.26. The molecule has 0 fully saturated rings. The van der Waals surface area contributed by atoms with Gasteiger partial charge in [0.2, 0.25) is 0 Å². The second kappa shape index (κ2) is 21.4. The van der Waals surface area contributed by atoms with Crippen LogP contribution in [0.4, 0.5) is 0 Å². The lowest BCUT2D eigenvalue weighted by Crippen LogP contribution is -2.25. The van der Waals surface area contributed by atoms with Crippen molar-refractivity contribution in [3.8, 4) is 34.5 Å². The normalized spacial score (nSPS) is 15.6. The molecule has 0 spiro atoms. The lowest BCUT2D eigenvalue weighted by atomic mass is 9.78. The largest absolute Gasteiger partial charge is 0.493 e. The summed E-state index contributed by atoms with van der Waals surface area (Å²) in [5.74, 6) is 4.57. The smallest absolute Gasteiger partial charge is 0.316 e.